The van der Waals surface area contributed by atoms with Crippen LogP contribution in [0.15, 0.2) is 29.3 Å². The van der Waals surface area contributed by atoms with Gasteiger partial charge in [0.25, 0.3) is 5.56 Å². The van der Waals surface area contributed by atoms with E-state index in [1.165, 1.54) is 22.9 Å². The summed E-state index contributed by atoms with van der Waals surface area (Å²) in [5.74, 6) is -0.555. The number of hydrogen-bond acceptors (Lipinski definition) is 8. The Kier molecular flexibility index (Phi) is 6.68. The molecular formula is C27H32F2N6O4. The van der Waals surface area contributed by atoms with Crippen LogP contribution in [0.4, 0.5) is 19.4 Å². The van der Waals surface area contributed by atoms with Crippen molar-refractivity contribution in [3.63, 3.8) is 0 Å². The molecule has 1 N–H and O–H groups in total. The second-order valence-corrected chi connectivity index (χ2v) is 11.2. The Hall–Kier alpha value is -3.83. The van der Waals surface area contributed by atoms with Gasteiger partial charge in [0, 0.05) is 31.2 Å². The Morgan fingerprint density at radius 1 is 1.23 bits per heavy atom. The molecule has 3 aromatic rings. The zero-order valence-corrected chi connectivity index (χ0v) is 22.6. The highest BCUT2D eigenvalue weighted by Crippen LogP contribution is 2.41. The Balaban J connectivity index is 1.38. The summed E-state index contributed by atoms with van der Waals surface area (Å²) in [5.41, 5.74) is -0.970. The van der Waals surface area contributed by atoms with Gasteiger partial charge in [-0.1, -0.05) is 0 Å². The van der Waals surface area contributed by atoms with Crippen molar-refractivity contribution < 1.29 is 23.4 Å². The van der Waals surface area contributed by atoms with E-state index in [0.29, 0.717) is 25.1 Å². The van der Waals surface area contributed by atoms with Crippen molar-refractivity contribution in [2.45, 2.75) is 83.4 Å². The Morgan fingerprint density at radius 3 is 2.62 bits per heavy atom. The molecule has 2 saturated heterocycles. The minimum absolute atomic E-state index is 0.0298. The van der Waals surface area contributed by atoms with E-state index in [-0.39, 0.29) is 40.5 Å². The summed E-state index contributed by atoms with van der Waals surface area (Å²) >= 11 is 0. The van der Waals surface area contributed by atoms with Crippen LogP contribution in [0.5, 0.6) is 5.75 Å². The van der Waals surface area contributed by atoms with E-state index in [4.69, 9.17) is 4.74 Å². The molecule has 12 heteroatoms. The largest absolute Gasteiger partial charge is 0.507 e. The van der Waals surface area contributed by atoms with E-state index < -0.39 is 41.3 Å². The van der Waals surface area contributed by atoms with Crippen molar-refractivity contribution >= 4 is 22.7 Å². The van der Waals surface area contributed by atoms with Gasteiger partial charge in [-0.25, -0.2) is 18.6 Å². The lowest BCUT2D eigenvalue weighted by Gasteiger charge is -2.44. The average molecular weight is 543 g/mol. The molecule has 2 fully saturated rings. The highest BCUT2D eigenvalue weighted by Gasteiger charge is 2.52. The Bertz CT molecular complexity index is 1470. The van der Waals surface area contributed by atoms with Gasteiger partial charge in [0.15, 0.2) is 11.6 Å². The number of ether oxygens (including phenoxy) is 1. The fourth-order valence-electron chi connectivity index (χ4n) is 5.61. The molecule has 2 aliphatic rings. The number of rotatable bonds is 4. The molecule has 4 heterocycles. The molecule has 39 heavy (non-hydrogen) atoms. The number of carbonyl (C=O) groups is 1. The normalized spacial score (nSPS) is 22.8. The van der Waals surface area contributed by atoms with Crippen molar-refractivity contribution in [3.05, 3.63) is 40.7 Å². The van der Waals surface area contributed by atoms with Crippen LogP contribution >= 0.6 is 0 Å². The van der Waals surface area contributed by atoms with Gasteiger partial charge >= 0.3 is 6.09 Å². The smallest absolute Gasteiger partial charge is 0.410 e. The van der Waals surface area contributed by atoms with Gasteiger partial charge in [0.05, 0.1) is 29.2 Å². The number of anilines is 1. The number of phenols is 1. The van der Waals surface area contributed by atoms with Crippen molar-refractivity contribution in [2.24, 2.45) is 0 Å². The SMILES string of the molecule is CCn1cc(F)c2cc(-c3ncc(N(C)[C@H]4C[C@@H]5CCC([C@H]4F)N5C(=O)OC(C)(C)C)nn3)c(O)cc2c1=O. The van der Waals surface area contributed by atoms with Gasteiger partial charge in [-0.15, -0.1) is 10.2 Å². The van der Waals surface area contributed by atoms with Crippen LogP contribution in [0.2, 0.25) is 0 Å². The molecule has 1 unspecified atom stereocenters. The number of hydrogen-bond donors (Lipinski definition) is 1. The third-order valence-electron chi connectivity index (χ3n) is 7.54. The maximum Gasteiger partial charge on any atom is 0.410 e. The van der Waals surface area contributed by atoms with E-state index in [2.05, 4.69) is 15.2 Å². The minimum atomic E-state index is -1.33. The van der Waals surface area contributed by atoms with Crippen LogP contribution in [-0.2, 0) is 11.3 Å². The number of aromatic nitrogens is 4. The van der Waals surface area contributed by atoms with Crippen LogP contribution in [0.25, 0.3) is 22.2 Å². The number of pyridine rings is 1. The standard InChI is InChI=1S/C27H32F2N6O4/c1-6-34-13-18(28)15-10-17(21(36)11-16(15)25(34)37)24-30-12-22(31-32-24)33(5)20-9-14-7-8-19(23(20)29)35(14)26(38)39-27(2,3)4/h10-14,19-20,23,36H,6-9H2,1-5H3/t14-,19?,20-,23+/m0/s1. The van der Waals surface area contributed by atoms with Crippen LogP contribution in [0.1, 0.15) is 47.0 Å². The molecule has 2 aromatic heterocycles. The number of benzene rings is 1. The first kappa shape index (κ1) is 26.8. The average Bonchev–Trinajstić information content (AvgIpc) is 3.24. The van der Waals surface area contributed by atoms with Crippen molar-refractivity contribution in [1.82, 2.24) is 24.6 Å². The molecule has 0 radical (unpaired) electrons. The highest BCUT2D eigenvalue weighted by molar-refractivity contribution is 5.89. The lowest BCUT2D eigenvalue weighted by atomic mass is 9.94. The van der Waals surface area contributed by atoms with Gasteiger partial charge in [0.2, 0.25) is 0 Å². The highest BCUT2D eigenvalue weighted by atomic mass is 19.1. The molecule has 1 amide bonds. The van der Waals surface area contributed by atoms with Crippen molar-refractivity contribution in [3.8, 4) is 17.1 Å². The van der Waals surface area contributed by atoms with Gasteiger partial charge < -0.3 is 19.3 Å². The van der Waals surface area contributed by atoms with Crippen LogP contribution < -0.4 is 10.5 Å². The molecule has 0 aliphatic carbocycles. The maximum absolute atomic E-state index is 15.7. The quantitative estimate of drug-likeness (QED) is 0.526. The van der Waals surface area contributed by atoms with Gasteiger partial charge in [-0.2, -0.15) is 0 Å². The fourth-order valence-corrected chi connectivity index (χ4v) is 5.61. The van der Waals surface area contributed by atoms with E-state index in [1.807, 2.05) is 0 Å². The summed E-state index contributed by atoms with van der Waals surface area (Å²) in [6.07, 6.45) is 2.35. The predicted octanol–water partition coefficient (Wildman–Crippen LogP) is 4.03. The molecule has 1 aromatic carbocycles. The maximum atomic E-state index is 15.7. The molecule has 10 nitrogen and oxygen atoms in total. The summed E-state index contributed by atoms with van der Waals surface area (Å²) in [4.78, 5) is 32.8. The van der Waals surface area contributed by atoms with Gasteiger partial charge in [0.1, 0.15) is 23.3 Å². The van der Waals surface area contributed by atoms with Crippen molar-refractivity contribution in [1.29, 1.82) is 0 Å². The summed E-state index contributed by atoms with van der Waals surface area (Å²) in [5, 5.41) is 19.0. The lowest BCUT2D eigenvalue weighted by molar-refractivity contribution is -0.0104. The Labute approximate surface area is 224 Å². The van der Waals surface area contributed by atoms with E-state index >= 15 is 4.39 Å². The molecule has 208 valence electrons. The number of aryl methyl sites for hydroxylation is 1. The number of aromatic hydroxyl groups is 1. The molecular weight excluding hydrogens is 510 g/mol. The Morgan fingerprint density at radius 2 is 1.97 bits per heavy atom. The van der Waals surface area contributed by atoms with E-state index in [1.54, 1.807) is 44.5 Å². The number of nitrogens with zero attached hydrogens (tertiary/aromatic N) is 6. The molecule has 2 aliphatic heterocycles. The first-order chi connectivity index (χ1) is 18.4. The summed E-state index contributed by atoms with van der Waals surface area (Å²) < 4.78 is 37.2. The second kappa shape index (κ2) is 9.73. The van der Waals surface area contributed by atoms with Crippen LogP contribution in [-0.4, -0.2) is 72.8 Å². The molecule has 4 atom stereocenters. The number of carbonyl (C=O) groups excluding carboxylic acids is 1. The second-order valence-electron chi connectivity index (χ2n) is 11.2. The van der Waals surface area contributed by atoms with E-state index in [0.717, 1.165) is 6.20 Å². The zero-order chi connectivity index (χ0) is 28.2. The number of fused-ring (bicyclic) bond motifs is 3. The van der Waals surface area contributed by atoms with E-state index in [9.17, 15) is 19.1 Å². The minimum Gasteiger partial charge on any atom is -0.507 e. The third kappa shape index (κ3) is 4.76. The first-order valence-corrected chi connectivity index (χ1v) is 13.0. The van der Waals surface area contributed by atoms with Crippen molar-refractivity contribution in [2.75, 3.05) is 11.9 Å². The molecule has 2 bridgehead atoms. The predicted molar refractivity (Wildman–Crippen MR) is 141 cm³/mol. The number of alkyl halides is 1. The third-order valence-corrected chi connectivity index (χ3v) is 7.54. The zero-order valence-electron chi connectivity index (χ0n) is 22.6. The fraction of sp³-hybridized carbons (Fsp3) is 0.519. The summed E-state index contributed by atoms with van der Waals surface area (Å²) in [6.45, 7) is 7.36. The number of amides is 1. The number of piperidine rings is 1. The van der Waals surface area contributed by atoms with Gasteiger partial charge in [-0.3, -0.25) is 9.69 Å². The number of phenolic OH excluding ortho intramolecular Hbond substituents is 1. The van der Waals surface area contributed by atoms with Crippen LogP contribution in [0.3, 0.4) is 0 Å². The first-order valence-electron chi connectivity index (χ1n) is 13.0. The molecule has 5 rings (SSSR count). The lowest BCUT2D eigenvalue weighted by Crippen LogP contribution is -2.59. The molecule has 0 spiro atoms. The van der Waals surface area contributed by atoms with Crippen LogP contribution in [0, 0.1) is 5.82 Å². The topological polar surface area (TPSA) is 114 Å². The van der Waals surface area contributed by atoms with Gasteiger partial charge in [-0.05, 0) is 59.1 Å². The number of halogens is 2. The monoisotopic (exact) mass is 542 g/mol. The molecule has 0 saturated carbocycles. The summed E-state index contributed by atoms with van der Waals surface area (Å²) in [7, 11) is 1.70. The summed E-state index contributed by atoms with van der Waals surface area (Å²) in [6, 6.07) is 1.24.